The van der Waals surface area contributed by atoms with E-state index in [2.05, 4.69) is 29.6 Å². The first-order valence-corrected chi connectivity index (χ1v) is 8.76. The van der Waals surface area contributed by atoms with Crippen molar-refractivity contribution in [3.63, 3.8) is 0 Å². The van der Waals surface area contributed by atoms with Crippen LogP contribution in [0.1, 0.15) is 31.4 Å². The molecule has 5 heteroatoms. The Morgan fingerprint density at radius 3 is 2.52 bits per heavy atom. The van der Waals surface area contributed by atoms with Gasteiger partial charge in [-0.15, -0.1) is 0 Å². The van der Waals surface area contributed by atoms with Crippen molar-refractivity contribution in [3.8, 4) is 0 Å². The van der Waals surface area contributed by atoms with E-state index in [0.717, 1.165) is 10.9 Å². The highest BCUT2D eigenvalue weighted by Crippen LogP contribution is 2.21. The molecule has 0 radical (unpaired) electrons. The number of benzene rings is 2. The monoisotopic (exact) mass is 340 g/mol. The van der Waals surface area contributed by atoms with Crippen LogP contribution in [0.15, 0.2) is 42.5 Å². The van der Waals surface area contributed by atoms with Crippen LogP contribution in [0.25, 0.3) is 10.8 Å². The molecule has 1 saturated heterocycles. The second-order valence-corrected chi connectivity index (χ2v) is 6.78. The number of rotatable bonds is 5. The minimum atomic E-state index is -0.728. The molecular weight excluding hydrogens is 316 g/mol. The van der Waals surface area contributed by atoms with Gasteiger partial charge < -0.3 is 10.4 Å². The Kier molecular flexibility index (Phi) is 5.34. The Bertz CT molecular complexity index is 766. The average molecular weight is 340 g/mol. The number of carboxylic acids is 1. The van der Waals surface area contributed by atoms with Gasteiger partial charge in [0.25, 0.3) is 0 Å². The summed E-state index contributed by atoms with van der Waals surface area (Å²) in [6, 6.07) is 14.3. The number of piperidine rings is 1. The van der Waals surface area contributed by atoms with E-state index >= 15 is 0 Å². The first-order valence-electron chi connectivity index (χ1n) is 8.76. The van der Waals surface area contributed by atoms with E-state index in [4.69, 9.17) is 5.11 Å². The molecule has 0 aromatic heterocycles. The van der Waals surface area contributed by atoms with Crippen molar-refractivity contribution in [1.82, 2.24) is 10.2 Å². The standard InChI is InChI=1S/C20H24N2O3/c1-14(17-7-6-15-4-2-3-5-18(15)12-17)21-19(23)13-22-10-8-16(9-11-22)20(24)25/h2-7,12,14,16H,8-11,13H2,1H3,(H,21,23)(H,24,25). The van der Waals surface area contributed by atoms with Gasteiger partial charge in [0.15, 0.2) is 0 Å². The summed E-state index contributed by atoms with van der Waals surface area (Å²) in [5.74, 6) is -1.01. The molecule has 1 amide bonds. The second kappa shape index (κ2) is 7.66. The molecule has 2 aromatic carbocycles. The summed E-state index contributed by atoms with van der Waals surface area (Å²) in [5, 5.41) is 14.4. The van der Waals surface area contributed by atoms with Gasteiger partial charge in [-0.05, 0) is 55.3 Å². The molecule has 1 aliphatic rings. The molecule has 3 rings (SSSR count). The van der Waals surface area contributed by atoms with Crippen LogP contribution in [-0.4, -0.2) is 41.5 Å². The number of fused-ring (bicyclic) bond motifs is 1. The number of carbonyl (C=O) groups excluding carboxylic acids is 1. The van der Waals surface area contributed by atoms with E-state index < -0.39 is 5.97 Å². The molecule has 1 unspecified atom stereocenters. The van der Waals surface area contributed by atoms with Gasteiger partial charge in [-0.3, -0.25) is 14.5 Å². The lowest BCUT2D eigenvalue weighted by molar-refractivity contribution is -0.143. The van der Waals surface area contributed by atoms with Gasteiger partial charge in [0.05, 0.1) is 18.5 Å². The summed E-state index contributed by atoms with van der Waals surface area (Å²) in [4.78, 5) is 25.3. The molecule has 2 N–H and O–H groups in total. The molecule has 1 aliphatic heterocycles. The smallest absolute Gasteiger partial charge is 0.306 e. The third-order valence-electron chi connectivity index (χ3n) is 4.96. The van der Waals surface area contributed by atoms with Gasteiger partial charge >= 0.3 is 5.97 Å². The SMILES string of the molecule is CC(NC(=O)CN1CCC(C(=O)O)CC1)c1ccc2ccccc2c1. The summed E-state index contributed by atoms with van der Waals surface area (Å²) in [6.07, 6.45) is 1.23. The quantitative estimate of drug-likeness (QED) is 0.878. The Balaban J connectivity index is 1.54. The lowest BCUT2D eigenvalue weighted by Gasteiger charge is -2.29. The number of carboxylic acid groups (broad SMARTS) is 1. The molecule has 0 saturated carbocycles. The van der Waals surface area contributed by atoms with E-state index in [1.165, 1.54) is 5.39 Å². The Hall–Kier alpha value is -2.40. The van der Waals surface area contributed by atoms with Crippen molar-refractivity contribution in [3.05, 3.63) is 48.0 Å². The van der Waals surface area contributed by atoms with E-state index in [1.807, 2.05) is 30.0 Å². The van der Waals surface area contributed by atoms with Crippen LogP contribution >= 0.6 is 0 Å². The predicted molar refractivity (Wildman–Crippen MR) is 97.3 cm³/mol. The van der Waals surface area contributed by atoms with Crippen molar-refractivity contribution in [1.29, 1.82) is 0 Å². The van der Waals surface area contributed by atoms with Crippen LogP contribution in [0, 0.1) is 5.92 Å². The van der Waals surface area contributed by atoms with Crippen LogP contribution in [-0.2, 0) is 9.59 Å². The minimum Gasteiger partial charge on any atom is -0.481 e. The molecule has 0 bridgehead atoms. The molecule has 0 aliphatic carbocycles. The summed E-state index contributed by atoms with van der Waals surface area (Å²) < 4.78 is 0. The molecule has 5 nitrogen and oxygen atoms in total. The third-order valence-corrected chi connectivity index (χ3v) is 4.96. The van der Waals surface area contributed by atoms with E-state index in [1.54, 1.807) is 0 Å². The Labute approximate surface area is 147 Å². The summed E-state index contributed by atoms with van der Waals surface area (Å²) >= 11 is 0. The van der Waals surface area contributed by atoms with Crippen LogP contribution in [0.2, 0.25) is 0 Å². The molecular formula is C20H24N2O3. The lowest BCUT2D eigenvalue weighted by atomic mass is 9.97. The lowest BCUT2D eigenvalue weighted by Crippen LogP contribution is -2.43. The summed E-state index contributed by atoms with van der Waals surface area (Å²) in [7, 11) is 0. The molecule has 1 fully saturated rings. The Morgan fingerprint density at radius 1 is 1.16 bits per heavy atom. The van der Waals surface area contributed by atoms with Gasteiger partial charge in [0, 0.05) is 0 Å². The predicted octanol–water partition coefficient (Wildman–Crippen LogP) is 2.81. The van der Waals surface area contributed by atoms with E-state index in [-0.39, 0.29) is 17.9 Å². The first kappa shape index (κ1) is 17.4. The number of aliphatic carboxylic acids is 1. The number of nitrogens with one attached hydrogen (secondary N) is 1. The second-order valence-electron chi connectivity index (χ2n) is 6.78. The topological polar surface area (TPSA) is 69.6 Å². The zero-order chi connectivity index (χ0) is 17.8. The fourth-order valence-electron chi connectivity index (χ4n) is 3.39. The van der Waals surface area contributed by atoms with Gasteiger partial charge in [-0.1, -0.05) is 36.4 Å². The number of hydrogen-bond acceptors (Lipinski definition) is 3. The van der Waals surface area contributed by atoms with Gasteiger partial charge in [0.1, 0.15) is 0 Å². The van der Waals surface area contributed by atoms with Gasteiger partial charge in [0.2, 0.25) is 5.91 Å². The van der Waals surface area contributed by atoms with Crippen LogP contribution in [0.3, 0.4) is 0 Å². The van der Waals surface area contributed by atoms with Crippen molar-refractivity contribution < 1.29 is 14.7 Å². The normalized spacial score (nSPS) is 17.3. The zero-order valence-corrected chi connectivity index (χ0v) is 14.4. The Morgan fingerprint density at radius 2 is 1.84 bits per heavy atom. The highest BCUT2D eigenvalue weighted by atomic mass is 16.4. The number of nitrogens with zero attached hydrogens (tertiary/aromatic N) is 1. The minimum absolute atomic E-state index is 0.0190. The van der Waals surface area contributed by atoms with Crippen molar-refractivity contribution in [2.24, 2.45) is 5.92 Å². The zero-order valence-electron chi connectivity index (χ0n) is 14.4. The number of hydrogen-bond donors (Lipinski definition) is 2. The van der Waals surface area contributed by atoms with Crippen molar-refractivity contribution in [2.45, 2.75) is 25.8 Å². The molecule has 0 spiro atoms. The number of likely N-dealkylation sites (tertiary alicyclic amines) is 1. The fourth-order valence-corrected chi connectivity index (χ4v) is 3.39. The van der Waals surface area contributed by atoms with Crippen molar-refractivity contribution in [2.75, 3.05) is 19.6 Å². The maximum atomic E-state index is 12.3. The molecule has 1 atom stereocenters. The highest BCUT2D eigenvalue weighted by molar-refractivity contribution is 5.83. The number of amides is 1. The number of carbonyl (C=O) groups is 2. The maximum absolute atomic E-state index is 12.3. The molecule has 2 aromatic rings. The third kappa shape index (κ3) is 4.37. The van der Waals surface area contributed by atoms with Gasteiger partial charge in [-0.2, -0.15) is 0 Å². The fraction of sp³-hybridized carbons (Fsp3) is 0.400. The highest BCUT2D eigenvalue weighted by Gasteiger charge is 2.25. The molecule has 25 heavy (non-hydrogen) atoms. The van der Waals surface area contributed by atoms with Gasteiger partial charge in [-0.25, -0.2) is 0 Å². The first-order chi connectivity index (χ1) is 12.0. The molecule has 1 heterocycles. The van der Waals surface area contributed by atoms with Crippen LogP contribution in [0.5, 0.6) is 0 Å². The summed E-state index contributed by atoms with van der Waals surface area (Å²) in [6.45, 7) is 3.63. The average Bonchev–Trinajstić information content (AvgIpc) is 2.61. The summed E-state index contributed by atoms with van der Waals surface area (Å²) in [5.41, 5.74) is 1.08. The van der Waals surface area contributed by atoms with Crippen LogP contribution < -0.4 is 5.32 Å². The van der Waals surface area contributed by atoms with Crippen LogP contribution in [0.4, 0.5) is 0 Å². The molecule has 132 valence electrons. The maximum Gasteiger partial charge on any atom is 0.306 e. The largest absolute Gasteiger partial charge is 0.481 e. The van der Waals surface area contributed by atoms with E-state index in [0.29, 0.717) is 32.5 Å². The van der Waals surface area contributed by atoms with Crippen molar-refractivity contribution >= 4 is 22.6 Å². The van der Waals surface area contributed by atoms with E-state index in [9.17, 15) is 9.59 Å².